The minimum atomic E-state index is -0.233. The van der Waals surface area contributed by atoms with Crippen LogP contribution in [0, 0.1) is 0 Å². The quantitative estimate of drug-likeness (QED) is 0.517. The SMILES string of the molecule is CCCN(CCC)C(=O)c1ccc(NC(=O)c2cccc(OCCOCC)c2)cc1. The van der Waals surface area contributed by atoms with Crippen molar-refractivity contribution in [2.75, 3.05) is 38.2 Å². The second-order valence-electron chi connectivity index (χ2n) is 6.90. The number of hydrogen-bond donors (Lipinski definition) is 1. The standard InChI is InChI=1S/C24H32N2O4/c1-4-14-26(15-5-2)24(28)19-10-12-21(13-11-19)25-23(27)20-8-7-9-22(18-20)30-17-16-29-6-3/h7-13,18H,4-6,14-17H2,1-3H3,(H,25,27). The summed E-state index contributed by atoms with van der Waals surface area (Å²) in [6, 6.07) is 14.0. The van der Waals surface area contributed by atoms with E-state index in [-0.39, 0.29) is 11.8 Å². The summed E-state index contributed by atoms with van der Waals surface area (Å²) in [5, 5.41) is 2.86. The first-order chi connectivity index (χ1) is 14.6. The molecule has 1 N–H and O–H groups in total. The lowest BCUT2D eigenvalue weighted by Gasteiger charge is -2.21. The van der Waals surface area contributed by atoms with Crippen LogP contribution >= 0.6 is 0 Å². The Labute approximate surface area is 179 Å². The molecule has 0 saturated heterocycles. The summed E-state index contributed by atoms with van der Waals surface area (Å²) in [6.07, 6.45) is 1.85. The molecule has 0 aliphatic rings. The summed E-state index contributed by atoms with van der Waals surface area (Å²) in [5.41, 5.74) is 1.76. The summed E-state index contributed by atoms with van der Waals surface area (Å²) in [5.74, 6) is 0.409. The van der Waals surface area contributed by atoms with Gasteiger partial charge in [-0.2, -0.15) is 0 Å². The van der Waals surface area contributed by atoms with Crippen molar-refractivity contribution in [2.45, 2.75) is 33.6 Å². The molecule has 0 aromatic heterocycles. The van der Waals surface area contributed by atoms with E-state index in [1.54, 1.807) is 42.5 Å². The van der Waals surface area contributed by atoms with Gasteiger partial charge in [-0.3, -0.25) is 9.59 Å². The maximum atomic E-state index is 12.7. The van der Waals surface area contributed by atoms with Crippen molar-refractivity contribution in [3.8, 4) is 5.75 Å². The van der Waals surface area contributed by atoms with Gasteiger partial charge in [-0.05, 0) is 62.2 Å². The van der Waals surface area contributed by atoms with Crippen LogP contribution in [0.4, 0.5) is 5.69 Å². The molecule has 2 aromatic rings. The molecule has 6 heteroatoms. The van der Waals surface area contributed by atoms with Crippen LogP contribution in [0.25, 0.3) is 0 Å². The van der Waals surface area contributed by atoms with Crippen LogP contribution in [0.3, 0.4) is 0 Å². The number of ether oxygens (including phenoxy) is 2. The van der Waals surface area contributed by atoms with E-state index in [4.69, 9.17) is 9.47 Å². The molecule has 0 radical (unpaired) electrons. The number of rotatable bonds is 12. The van der Waals surface area contributed by atoms with Gasteiger partial charge in [0, 0.05) is 36.5 Å². The van der Waals surface area contributed by atoms with E-state index >= 15 is 0 Å². The molecule has 0 bridgehead atoms. The van der Waals surface area contributed by atoms with Gasteiger partial charge < -0.3 is 19.7 Å². The molecule has 0 fully saturated rings. The van der Waals surface area contributed by atoms with E-state index in [2.05, 4.69) is 19.2 Å². The highest BCUT2D eigenvalue weighted by Gasteiger charge is 2.14. The van der Waals surface area contributed by atoms with Crippen LogP contribution < -0.4 is 10.1 Å². The van der Waals surface area contributed by atoms with Crippen LogP contribution in [0.5, 0.6) is 5.75 Å². The van der Waals surface area contributed by atoms with Crippen molar-refractivity contribution in [1.82, 2.24) is 4.90 Å². The Hall–Kier alpha value is -2.86. The number of hydrogen-bond acceptors (Lipinski definition) is 4. The Morgan fingerprint density at radius 3 is 2.23 bits per heavy atom. The van der Waals surface area contributed by atoms with Crippen molar-refractivity contribution in [1.29, 1.82) is 0 Å². The van der Waals surface area contributed by atoms with Crippen LogP contribution in [0.1, 0.15) is 54.3 Å². The van der Waals surface area contributed by atoms with Crippen LogP contribution in [0.2, 0.25) is 0 Å². The maximum Gasteiger partial charge on any atom is 0.255 e. The zero-order valence-corrected chi connectivity index (χ0v) is 18.1. The zero-order chi connectivity index (χ0) is 21.8. The maximum absolute atomic E-state index is 12.7. The fraction of sp³-hybridized carbons (Fsp3) is 0.417. The van der Waals surface area contributed by atoms with Gasteiger partial charge in [0.2, 0.25) is 0 Å². The average molecular weight is 413 g/mol. The predicted molar refractivity (Wildman–Crippen MR) is 119 cm³/mol. The Bertz CT molecular complexity index is 799. The summed E-state index contributed by atoms with van der Waals surface area (Å²) < 4.78 is 10.9. The molecule has 0 saturated carbocycles. The van der Waals surface area contributed by atoms with Gasteiger partial charge >= 0.3 is 0 Å². The third-order valence-corrected chi connectivity index (χ3v) is 4.46. The van der Waals surface area contributed by atoms with Gasteiger partial charge in [-0.25, -0.2) is 0 Å². The number of benzene rings is 2. The highest BCUT2D eigenvalue weighted by molar-refractivity contribution is 6.04. The molecule has 6 nitrogen and oxygen atoms in total. The minimum Gasteiger partial charge on any atom is -0.491 e. The fourth-order valence-electron chi connectivity index (χ4n) is 3.03. The van der Waals surface area contributed by atoms with Crippen molar-refractivity contribution >= 4 is 17.5 Å². The number of carbonyl (C=O) groups is 2. The number of nitrogens with one attached hydrogen (secondary N) is 1. The number of nitrogens with zero attached hydrogens (tertiary/aromatic N) is 1. The summed E-state index contributed by atoms with van der Waals surface area (Å²) in [7, 11) is 0. The van der Waals surface area contributed by atoms with Gasteiger partial charge in [0.15, 0.2) is 0 Å². The Morgan fingerprint density at radius 1 is 0.900 bits per heavy atom. The Morgan fingerprint density at radius 2 is 1.60 bits per heavy atom. The first-order valence-electron chi connectivity index (χ1n) is 10.6. The summed E-state index contributed by atoms with van der Waals surface area (Å²) >= 11 is 0. The molecular weight excluding hydrogens is 380 g/mol. The highest BCUT2D eigenvalue weighted by atomic mass is 16.5. The van der Waals surface area contributed by atoms with Crippen molar-refractivity contribution in [3.63, 3.8) is 0 Å². The first kappa shape index (κ1) is 23.4. The van der Waals surface area contributed by atoms with E-state index in [1.807, 2.05) is 17.9 Å². The topological polar surface area (TPSA) is 67.9 Å². The van der Waals surface area contributed by atoms with Crippen LogP contribution in [-0.4, -0.2) is 49.6 Å². The molecule has 0 aliphatic heterocycles. The lowest BCUT2D eigenvalue weighted by molar-refractivity contribution is 0.0755. The normalized spacial score (nSPS) is 10.5. The molecule has 0 aliphatic carbocycles. The molecule has 2 aromatic carbocycles. The van der Waals surface area contributed by atoms with Crippen molar-refractivity contribution < 1.29 is 19.1 Å². The molecular formula is C24H32N2O4. The molecule has 30 heavy (non-hydrogen) atoms. The molecule has 0 heterocycles. The van der Waals surface area contributed by atoms with Crippen molar-refractivity contribution in [2.24, 2.45) is 0 Å². The zero-order valence-electron chi connectivity index (χ0n) is 18.1. The predicted octanol–water partition coefficient (Wildman–Crippen LogP) is 4.62. The Kier molecular flexibility index (Phi) is 9.87. The molecule has 0 spiro atoms. The minimum absolute atomic E-state index is 0.0217. The van der Waals surface area contributed by atoms with Gasteiger partial charge in [0.25, 0.3) is 11.8 Å². The lowest BCUT2D eigenvalue weighted by atomic mass is 10.1. The average Bonchev–Trinajstić information content (AvgIpc) is 2.77. The van der Waals surface area contributed by atoms with Gasteiger partial charge in [0.05, 0.1) is 6.61 Å². The molecule has 0 unspecified atom stereocenters. The van der Waals surface area contributed by atoms with Gasteiger partial charge in [-0.15, -0.1) is 0 Å². The first-order valence-corrected chi connectivity index (χ1v) is 10.6. The van der Waals surface area contributed by atoms with Gasteiger partial charge in [0.1, 0.15) is 12.4 Å². The van der Waals surface area contributed by atoms with E-state index in [0.717, 1.165) is 25.9 Å². The van der Waals surface area contributed by atoms with Crippen molar-refractivity contribution in [3.05, 3.63) is 59.7 Å². The lowest BCUT2D eigenvalue weighted by Crippen LogP contribution is -2.32. The number of anilines is 1. The second-order valence-corrected chi connectivity index (χ2v) is 6.90. The third-order valence-electron chi connectivity index (χ3n) is 4.46. The van der Waals surface area contributed by atoms with E-state index in [9.17, 15) is 9.59 Å². The number of amides is 2. The largest absolute Gasteiger partial charge is 0.491 e. The van der Waals surface area contributed by atoms with Crippen LogP contribution in [0.15, 0.2) is 48.5 Å². The van der Waals surface area contributed by atoms with Crippen LogP contribution in [-0.2, 0) is 4.74 Å². The molecule has 2 amide bonds. The van der Waals surface area contributed by atoms with E-state index in [0.29, 0.717) is 42.4 Å². The second kappa shape index (κ2) is 12.6. The Balaban J connectivity index is 1.98. The van der Waals surface area contributed by atoms with Gasteiger partial charge in [-0.1, -0.05) is 19.9 Å². The number of carbonyl (C=O) groups excluding carboxylic acids is 2. The molecule has 162 valence electrons. The summed E-state index contributed by atoms with van der Waals surface area (Å²) in [6.45, 7) is 9.13. The fourth-order valence-corrected chi connectivity index (χ4v) is 3.03. The molecule has 0 atom stereocenters. The third kappa shape index (κ3) is 7.19. The molecule has 2 rings (SSSR count). The monoisotopic (exact) mass is 412 g/mol. The smallest absolute Gasteiger partial charge is 0.255 e. The highest BCUT2D eigenvalue weighted by Crippen LogP contribution is 2.17. The van der Waals surface area contributed by atoms with E-state index in [1.165, 1.54) is 0 Å². The van der Waals surface area contributed by atoms with E-state index < -0.39 is 0 Å². The summed E-state index contributed by atoms with van der Waals surface area (Å²) in [4.78, 5) is 27.1.